The van der Waals surface area contributed by atoms with Crippen molar-refractivity contribution in [2.24, 2.45) is 5.92 Å². The van der Waals surface area contributed by atoms with Crippen LogP contribution in [-0.2, 0) is 12.6 Å². The Kier molecular flexibility index (Phi) is 8.54. The molecule has 0 radical (unpaired) electrons. The third kappa shape index (κ3) is 7.08. The van der Waals surface area contributed by atoms with E-state index < -0.39 is 17.6 Å². The second-order valence-electron chi connectivity index (χ2n) is 6.61. The number of hydrogen-bond donors (Lipinski definition) is 1. The van der Waals surface area contributed by atoms with Crippen molar-refractivity contribution in [3.8, 4) is 0 Å². The van der Waals surface area contributed by atoms with Gasteiger partial charge in [-0.15, -0.1) is 0 Å². The molecule has 2 aromatic carbocycles. The highest BCUT2D eigenvalue weighted by Gasteiger charge is 2.30. The maximum Gasteiger partial charge on any atom is 0.416 e. The summed E-state index contributed by atoms with van der Waals surface area (Å²) in [5.74, 6) is 0.182. The molecule has 0 bridgehead atoms. The average molecular weight is 379 g/mol. The van der Waals surface area contributed by atoms with Crippen molar-refractivity contribution < 1.29 is 18.0 Å². The monoisotopic (exact) mass is 379 g/mol. The van der Waals surface area contributed by atoms with Crippen LogP contribution in [0, 0.1) is 12.8 Å². The zero-order valence-corrected chi connectivity index (χ0v) is 16.6. The molecule has 27 heavy (non-hydrogen) atoms. The van der Waals surface area contributed by atoms with Gasteiger partial charge in [-0.05, 0) is 67.1 Å². The lowest BCUT2D eigenvalue weighted by molar-refractivity contribution is -0.137. The Morgan fingerprint density at radius 2 is 1.74 bits per heavy atom. The van der Waals surface area contributed by atoms with Gasteiger partial charge in [0, 0.05) is 11.3 Å². The Morgan fingerprint density at radius 1 is 1.07 bits per heavy atom. The molecular weight excluding hydrogens is 351 g/mol. The van der Waals surface area contributed by atoms with Crippen molar-refractivity contribution >= 4 is 11.6 Å². The molecule has 5 heteroatoms. The van der Waals surface area contributed by atoms with Crippen LogP contribution in [0.1, 0.15) is 61.2 Å². The van der Waals surface area contributed by atoms with E-state index in [-0.39, 0.29) is 5.69 Å². The van der Waals surface area contributed by atoms with Crippen LogP contribution < -0.4 is 5.32 Å². The molecule has 1 amide bonds. The Labute approximate surface area is 159 Å². The Morgan fingerprint density at radius 3 is 2.30 bits per heavy atom. The van der Waals surface area contributed by atoms with Gasteiger partial charge >= 0.3 is 6.18 Å². The van der Waals surface area contributed by atoms with Gasteiger partial charge in [0.1, 0.15) is 0 Å². The molecule has 148 valence electrons. The largest absolute Gasteiger partial charge is 0.416 e. The summed E-state index contributed by atoms with van der Waals surface area (Å²) in [4.78, 5) is 12.3. The SMILES string of the molecule is CC.Cc1cc(C(=O)Nc2cccc(C(F)(F)F)c2)ccc1CCC(C)C. The number of aryl methyl sites for hydroxylation is 2. The predicted octanol–water partition coefficient (Wildman–Crippen LogP) is 6.88. The number of carbonyl (C=O) groups is 1. The Hall–Kier alpha value is -2.30. The topological polar surface area (TPSA) is 29.1 Å². The third-order valence-corrected chi connectivity index (χ3v) is 4.04. The molecule has 0 spiro atoms. The Bertz CT molecular complexity index is 751. The number of rotatable bonds is 5. The number of carbonyl (C=O) groups excluding carboxylic acids is 1. The molecule has 0 aliphatic carbocycles. The number of amides is 1. The standard InChI is InChI=1S/C20H22F3NO.C2H6/c1-13(2)7-8-15-9-10-16(11-14(15)3)19(25)24-18-6-4-5-17(12-18)20(21,22)23;1-2/h4-6,9-13H,7-8H2,1-3H3,(H,24,25);1-2H3. The molecule has 0 unspecified atom stereocenters. The third-order valence-electron chi connectivity index (χ3n) is 4.04. The molecule has 0 aliphatic heterocycles. The van der Waals surface area contributed by atoms with E-state index in [1.165, 1.54) is 17.7 Å². The van der Waals surface area contributed by atoms with Crippen molar-refractivity contribution in [2.45, 2.75) is 53.6 Å². The lowest BCUT2D eigenvalue weighted by atomic mass is 9.97. The number of hydrogen-bond acceptors (Lipinski definition) is 1. The van der Waals surface area contributed by atoms with Crippen LogP contribution >= 0.6 is 0 Å². The van der Waals surface area contributed by atoms with Gasteiger partial charge in [0.05, 0.1) is 5.56 Å². The predicted molar refractivity (Wildman–Crippen MR) is 105 cm³/mol. The second kappa shape index (κ2) is 10.1. The normalized spacial score (nSPS) is 11.0. The highest BCUT2D eigenvalue weighted by Crippen LogP contribution is 2.30. The first kappa shape index (κ1) is 22.7. The van der Waals surface area contributed by atoms with Gasteiger partial charge in [-0.2, -0.15) is 13.2 Å². The van der Waals surface area contributed by atoms with Crippen molar-refractivity contribution in [3.63, 3.8) is 0 Å². The van der Waals surface area contributed by atoms with Crippen LogP contribution in [0.4, 0.5) is 18.9 Å². The van der Waals surface area contributed by atoms with Crippen LogP contribution in [0.5, 0.6) is 0 Å². The first-order chi connectivity index (χ1) is 12.7. The smallest absolute Gasteiger partial charge is 0.322 e. The van der Waals surface area contributed by atoms with Crippen molar-refractivity contribution in [3.05, 3.63) is 64.7 Å². The molecular formula is C22H28F3NO. The van der Waals surface area contributed by atoms with E-state index in [9.17, 15) is 18.0 Å². The van der Waals surface area contributed by atoms with Crippen LogP contribution in [0.3, 0.4) is 0 Å². The van der Waals surface area contributed by atoms with Crippen molar-refractivity contribution in [2.75, 3.05) is 5.32 Å². The minimum atomic E-state index is -4.44. The van der Waals surface area contributed by atoms with Crippen molar-refractivity contribution in [1.29, 1.82) is 0 Å². The first-order valence-corrected chi connectivity index (χ1v) is 9.25. The first-order valence-electron chi connectivity index (χ1n) is 9.25. The minimum Gasteiger partial charge on any atom is -0.322 e. The summed E-state index contributed by atoms with van der Waals surface area (Å²) in [5.41, 5.74) is 1.97. The number of nitrogens with one attached hydrogen (secondary N) is 1. The number of halogens is 3. The molecule has 0 fully saturated rings. The number of anilines is 1. The average Bonchev–Trinajstić information content (AvgIpc) is 2.61. The molecule has 2 rings (SSSR count). The van der Waals surface area contributed by atoms with Gasteiger partial charge in [-0.1, -0.05) is 39.8 Å². The molecule has 1 N–H and O–H groups in total. The molecule has 0 saturated carbocycles. The van der Waals surface area contributed by atoms with E-state index in [1.807, 2.05) is 26.8 Å². The van der Waals surface area contributed by atoms with Gasteiger partial charge < -0.3 is 5.32 Å². The van der Waals surface area contributed by atoms with E-state index in [4.69, 9.17) is 0 Å². The summed E-state index contributed by atoms with van der Waals surface area (Å²) in [6.45, 7) is 10.3. The molecule has 0 heterocycles. The fourth-order valence-corrected chi connectivity index (χ4v) is 2.54. The lowest BCUT2D eigenvalue weighted by Crippen LogP contribution is -2.13. The van der Waals surface area contributed by atoms with Crippen molar-refractivity contribution in [1.82, 2.24) is 0 Å². The van der Waals surface area contributed by atoms with Gasteiger partial charge in [0.15, 0.2) is 0 Å². The van der Waals surface area contributed by atoms with Gasteiger partial charge in [0.25, 0.3) is 5.91 Å². The molecule has 0 atom stereocenters. The van der Waals surface area contributed by atoms with Crippen LogP contribution in [0.25, 0.3) is 0 Å². The van der Waals surface area contributed by atoms with E-state index in [1.54, 1.807) is 12.1 Å². The highest BCUT2D eigenvalue weighted by atomic mass is 19.4. The highest BCUT2D eigenvalue weighted by molar-refractivity contribution is 6.04. The van der Waals surface area contributed by atoms with E-state index in [0.29, 0.717) is 11.5 Å². The molecule has 0 aliphatic rings. The maximum atomic E-state index is 12.7. The zero-order chi connectivity index (χ0) is 20.6. The van der Waals surface area contributed by atoms with E-state index in [0.717, 1.165) is 30.5 Å². The summed E-state index contributed by atoms with van der Waals surface area (Å²) in [6.07, 6.45) is -2.43. The number of benzene rings is 2. The summed E-state index contributed by atoms with van der Waals surface area (Å²) >= 11 is 0. The fraction of sp³-hybridized carbons (Fsp3) is 0.409. The zero-order valence-electron chi connectivity index (χ0n) is 16.6. The Balaban J connectivity index is 0.00000176. The minimum absolute atomic E-state index is 0.126. The molecule has 2 aromatic rings. The van der Waals surface area contributed by atoms with Gasteiger partial charge in [0.2, 0.25) is 0 Å². The lowest BCUT2D eigenvalue weighted by Gasteiger charge is -2.12. The second-order valence-corrected chi connectivity index (χ2v) is 6.61. The van der Waals surface area contributed by atoms with Gasteiger partial charge in [-0.3, -0.25) is 4.79 Å². The molecule has 0 aromatic heterocycles. The van der Waals surface area contributed by atoms with Crippen LogP contribution in [-0.4, -0.2) is 5.91 Å². The van der Waals surface area contributed by atoms with E-state index in [2.05, 4.69) is 19.2 Å². The summed E-state index contributed by atoms with van der Waals surface area (Å²) in [6, 6.07) is 10.0. The summed E-state index contributed by atoms with van der Waals surface area (Å²) in [5, 5.41) is 2.53. The molecule has 0 saturated heterocycles. The quantitative estimate of drug-likeness (QED) is 0.603. The fourth-order valence-electron chi connectivity index (χ4n) is 2.54. The number of alkyl halides is 3. The summed E-state index contributed by atoms with van der Waals surface area (Å²) < 4.78 is 38.2. The maximum absolute atomic E-state index is 12.7. The van der Waals surface area contributed by atoms with Crippen LogP contribution in [0.2, 0.25) is 0 Å². The van der Waals surface area contributed by atoms with Gasteiger partial charge in [-0.25, -0.2) is 0 Å². The molecule has 2 nitrogen and oxygen atoms in total. The summed E-state index contributed by atoms with van der Waals surface area (Å²) in [7, 11) is 0. The van der Waals surface area contributed by atoms with E-state index >= 15 is 0 Å². The van der Waals surface area contributed by atoms with Crippen LogP contribution in [0.15, 0.2) is 42.5 Å².